The first-order valence-electron chi connectivity index (χ1n) is 11.0. The van der Waals surface area contributed by atoms with Gasteiger partial charge in [0.25, 0.3) is 0 Å². The first-order chi connectivity index (χ1) is 16.8. The molecule has 0 fully saturated rings. The molecule has 2 heterocycles. The lowest BCUT2D eigenvalue weighted by molar-refractivity contribution is -0.120. The number of nitrogens with two attached hydrogens (primary N) is 1. The van der Waals surface area contributed by atoms with E-state index >= 15 is 0 Å². The molecule has 0 radical (unpaired) electrons. The van der Waals surface area contributed by atoms with E-state index in [1.165, 1.54) is 0 Å². The number of halogens is 3. The van der Waals surface area contributed by atoms with E-state index in [0.717, 1.165) is 17.3 Å². The summed E-state index contributed by atoms with van der Waals surface area (Å²) in [5.74, 6) is -3.71. The maximum atomic E-state index is 14.6. The predicted octanol–water partition coefficient (Wildman–Crippen LogP) is 5.48. The van der Waals surface area contributed by atoms with Gasteiger partial charge in [0.1, 0.15) is 17.7 Å². The van der Waals surface area contributed by atoms with Crippen LogP contribution in [-0.2, 0) is 4.79 Å². The summed E-state index contributed by atoms with van der Waals surface area (Å²) in [6.07, 6.45) is 1.40. The molecule has 178 valence electrons. The van der Waals surface area contributed by atoms with Crippen molar-refractivity contribution in [3.05, 3.63) is 89.4 Å². The summed E-state index contributed by atoms with van der Waals surface area (Å²) >= 11 is 0. The maximum absolute atomic E-state index is 14.6. The van der Waals surface area contributed by atoms with Crippen LogP contribution in [0.5, 0.6) is 5.75 Å². The number of benzene rings is 3. The molecular weight excluding hydrogens is 455 g/mol. The normalized spacial score (nSPS) is 17.1. The molecule has 0 bridgehead atoms. The van der Waals surface area contributed by atoms with Crippen LogP contribution in [0.3, 0.4) is 0 Å². The molecular formula is C27H22F3N3O2. The van der Waals surface area contributed by atoms with Crippen molar-refractivity contribution in [3.63, 3.8) is 0 Å². The van der Waals surface area contributed by atoms with Crippen molar-refractivity contribution in [1.82, 2.24) is 4.98 Å². The molecule has 5 nitrogen and oxygen atoms in total. The van der Waals surface area contributed by atoms with Crippen LogP contribution in [0.4, 0.5) is 18.9 Å². The zero-order valence-corrected chi connectivity index (χ0v) is 19.1. The monoisotopic (exact) mass is 477 g/mol. The number of rotatable bonds is 4. The molecule has 0 spiro atoms. The van der Waals surface area contributed by atoms with Crippen molar-refractivity contribution < 1.29 is 22.7 Å². The number of fused-ring (bicyclic) bond motifs is 2. The number of para-hydroxylation sites is 2. The molecule has 0 saturated carbocycles. The third-order valence-corrected chi connectivity index (χ3v) is 6.33. The summed E-state index contributed by atoms with van der Waals surface area (Å²) in [6.45, 7) is 0. The van der Waals surface area contributed by atoms with Crippen molar-refractivity contribution in [3.8, 4) is 16.9 Å². The van der Waals surface area contributed by atoms with Gasteiger partial charge in [0.05, 0.1) is 17.1 Å². The SMILES string of the molecule is CN(C)c1c(C2CC(C(N)=O)c3ccccc3O2)cnc2c(-c3cc(F)cc(F)c3F)cccc12. The molecule has 35 heavy (non-hydrogen) atoms. The summed E-state index contributed by atoms with van der Waals surface area (Å²) in [5, 5.41) is 0.646. The van der Waals surface area contributed by atoms with Crippen LogP contribution in [0.1, 0.15) is 29.6 Å². The molecule has 0 saturated heterocycles. The van der Waals surface area contributed by atoms with E-state index < -0.39 is 35.4 Å². The fourth-order valence-electron chi connectivity index (χ4n) is 4.81. The molecule has 0 aliphatic carbocycles. The lowest BCUT2D eigenvalue weighted by Gasteiger charge is -2.33. The summed E-state index contributed by atoms with van der Waals surface area (Å²) in [4.78, 5) is 18.7. The van der Waals surface area contributed by atoms with Crippen LogP contribution in [0.25, 0.3) is 22.0 Å². The van der Waals surface area contributed by atoms with Gasteiger partial charge in [0.2, 0.25) is 5.91 Å². The number of hydrogen-bond acceptors (Lipinski definition) is 4. The van der Waals surface area contributed by atoms with Gasteiger partial charge in [0.15, 0.2) is 11.6 Å². The molecule has 1 aliphatic rings. The smallest absolute Gasteiger partial charge is 0.225 e. The summed E-state index contributed by atoms with van der Waals surface area (Å²) in [5.41, 5.74) is 8.34. The number of carbonyl (C=O) groups excluding carboxylic acids is 1. The van der Waals surface area contributed by atoms with Crippen LogP contribution < -0.4 is 15.4 Å². The Kier molecular flexibility index (Phi) is 5.59. The molecule has 3 aromatic carbocycles. The molecule has 1 amide bonds. The Labute approximate surface area is 200 Å². The molecule has 1 aliphatic heterocycles. The van der Waals surface area contributed by atoms with Gasteiger partial charge >= 0.3 is 0 Å². The minimum Gasteiger partial charge on any atom is -0.485 e. The van der Waals surface area contributed by atoms with E-state index in [1.54, 1.807) is 30.5 Å². The van der Waals surface area contributed by atoms with Crippen LogP contribution in [0, 0.1) is 17.5 Å². The highest BCUT2D eigenvalue weighted by molar-refractivity contribution is 6.01. The van der Waals surface area contributed by atoms with Crippen LogP contribution in [0.2, 0.25) is 0 Å². The third kappa shape index (κ3) is 3.84. The molecule has 2 N–H and O–H groups in total. The molecule has 1 aromatic heterocycles. The average Bonchev–Trinajstić information content (AvgIpc) is 2.84. The molecule has 2 atom stereocenters. The lowest BCUT2D eigenvalue weighted by atomic mass is 9.86. The number of aromatic nitrogens is 1. The molecule has 2 unspecified atom stereocenters. The van der Waals surface area contributed by atoms with E-state index in [4.69, 9.17) is 10.5 Å². The zero-order chi connectivity index (χ0) is 24.9. The van der Waals surface area contributed by atoms with E-state index in [2.05, 4.69) is 4.98 Å². The standard InChI is InChI=1S/C27H22F3N3O2/c1-33(2)26-17-8-5-7-16(18-10-14(28)11-21(29)24(18)30)25(17)32-13-20(26)23-12-19(27(31)34)15-6-3-4-9-22(15)35-23/h3-11,13,19,23H,12H2,1-2H3,(H2,31,34). The van der Waals surface area contributed by atoms with Gasteiger partial charge in [-0.3, -0.25) is 9.78 Å². The fraction of sp³-hybridized carbons (Fsp3) is 0.185. The van der Waals surface area contributed by atoms with Crippen molar-refractivity contribution in [2.75, 3.05) is 19.0 Å². The second-order valence-corrected chi connectivity index (χ2v) is 8.74. The van der Waals surface area contributed by atoms with Gasteiger partial charge in [-0.25, -0.2) is 13.2 Å². The first kappa shape index (κ1) is 22.7. The minimum absolute atomic E-state index is 0.213. The van der Waals surface area contributed by atoms with Crippen molar-refractivity contribution in [1.29, 1.82) is 0 Å². The second-order valence-electron chi connectivity index (χ2n) is 8.74. The number of ether oxygens (including phenoxy) is 1. The Hall–Kier alpha value is -4.07. The van der Waals surface area contributed by atoms with Gasteiger partial charge in [-0.15, -0.1) is 0 Å². The minimum atomic E-state index is -1.27. The Balaban J connectivity index is 1.70. The van der Waals surface area contributed by atoms with E-state index in [0.29, 0.717) is 34.7 Å². The molecule has 5 rings (SSSR count). The Bertz CT molecular complexity index is 1470. The highest BCUT2D eigenvalue weighted by atomic mass is 19.2. The van der Waals surface area contributed by atoms with Crippen LogP contribution >= 0.6 is 0 Å². The number of carbonyl (C=O) groups is 1. The van der Waals surface area contributed by atoms with Gasteiger partial charge in [-0.1, -0.05) is 36.4 Å². The molecule has 4 aromatic rings. The largest absolute Gasteiger partial charge is 0.485 e. The highest BCUT2D eigenvalue weighted by Crippen LogP contribution is 2.46. The quantitative estimate of drug-likeness (QED) is 0.396. The molecule has 8 heteroatoms. The highest BCUT2D eigenvalue weighted by Gasteiger charge is 2.34. The van der Waals surface area contributed by atoms with Crippen molar-refractivity contribution in [2.24, 2.45) is 5.73 Å². The van der Waals surface area contributed by atoms with Gasteiger partial charge in [0, 0.05) is 60.4 Å². The second kappa shape index (κ2) is 8.61. The van der Waals surface area contributed by atoms with Crippen LogP contribution in [-0.4, -0.2) is 25.0 Å². The van der Waals surface area contributed by atoms with Gasteiger partial charge in [-0.2, -0.15) is 0 Å². The van der Waals surface area contributed by atoms with Gasteiger partial charge < -0.3 is 15.4 Å². The topological polar surface area (TPSA) is 68.5 Å². The predicted molar refractivity (Wildman–Crippen MR) is 128 cm³/mol. The Morgan fingerprint density at radius 2 is 1.80 bits per heavy atom. The number of hydrogen-bond donors (Lipinski definition) is 1. The number of amides is 1. The Morgan fingerprint density at radius 1 is 1.03 bits per heavy atom. The number of primary amides is 1. The fourth-order valence-corrected chi connectivity index (χ4v) is 4.81. The number of pyridine rings is 1. The first-order valence-corrected chi connectivity index (χ1v) is 11.0. The maximum Gasteiger partial charge on any atom is 0.225 e. The summed E-state index contributed by atoms with van der Waals surface area (Å²) in [7, 11) is 3.69. The third-order valence-electron chi connectivity index (χ3n) is 6.33. The van der Waals surface area contributed by atoms with E-state index in [9.17, 15) is 18.0 Å². The summed E-state index contributed by atoms with van der Waals surface area (Å²) in [6, 6.07) is 13.8. The number of nitrogens with zero attached hydrogens (tertiary/aromatic N) is 2. The summed E-state index contributed by atoms with van der Waals surface area (Å²) < 4.78 is 48.8. The zero-order valence-electron chi connectivity index (χ0n) is 19.1. The number of anilines is 1. The van der Waals surface area contributed by atoms with Crippen molar-refractivity contribution in [2.45, 2.75) is 18.4 Å². The lowest BCUT2D eigenvalue weighted by Crippen LogP contribution is -2.29. The van der Waals surface area contributed by atoms with E-state index in [1.807, 2.05) is 37.2 Å². The van der Waals surface area contributed by atoms with E-state index in [-0.39, 0.29) is 11.1 Å². The van der Waals surface area contributed by atoms with Crippen LogP contribution in [0.15, 0.2) is 60.8 Å². The average molecular weight is 477 g/mol. The Morgan fingerprint density at radius 3 is 2.54 bits per heavy atom. The van der Waals surface area contributed by atoms with Gasteiger partial charge in [-0.05, 0) is 12.1 Å². The van der Waals surface area contributed by atoms with Crippen molar-refractivity contribution >= 4 is 22.5 Å².